The second-order valence-electron chi connectivity index (χ2n) is 6.81. The maximum Gasteiger partial charge on any atom is 0.215 e. The van der Waals surface area contributed by atoms with Gasteiger partial charge in [0.25, 0.3) is 0 Å². The van der Waals surface area contributed by atoms with Crippen molar-refractivity contribution in [2.75, 3.05) is 50.4 Å². The second kappa shape index (κ2) is 9.94. The molecule has 0 bridgehead atoms. The molecule has 0 aliphatic carbocycles. The van der Waals surface area contributed by atoms with Crippen LogP contribution in [0.5, 0.6) is 0 Å². The standard InChI is InChI=1S/C19H33N5O2S/c1-5-24(6-2)27(25,26)14-12-21-19(20-4)22-17-11-13-23(15-17)18-9-7-16(3)8-10-18/h7-10,17H,5-6,11-15H2,1-4H3,(H2,20,21,22). The van der Waals surface area contributed by atoms with Gasteiger partial charge in [0.1, 0.15) is 0 Å². The Kier molecular flexibility index (Phi) is 7.91. The molecule has 1 fully saturated rings. The topological polar surface area (TPSA) is 77.0 Å². The van der Waals surface area contributed by atoms with Crippen LogP contribution in [0.3, 0.4) is 0 Å². The van der Waals surface area contributed by atoms with Crippen LogP contribution in [0.2, 0.25) is 0 Å². The summed E-state index contributed by atoms with van der Waals surface area (Å²) >= 11 is 0. The van der Waals surface area contributed by atoms with Gasteiger partial charge in [0.05, 0.1) is 5.75 Å². The van der Waals surface area contributed by atoms with E-state index >= 15 is 0 Å². The van der Waals surface area contributed by atoms with Crippen LogP contribution in [0.4, 0.5) is 5.69 Å². The lowest BCUT2D eigenvalue weighted by Gasteiger charge is -2.21. The highest BCUT2D eigenvalue weighted by Crippen LogP contribution is 2.20. The SMILES string of the molecule is CCN(CC)S(=O)(=O)CCNC(=NC)NC1CCN(c2ccc(C)cc2)C1. The lowest BCUT2D eigenvalue weighted by Crippen LogP contribution is -2.46. The zero-order chi connectivity index (χ0) is 19.9. The molecule has 0 spiro atoms. The number of hydrogen-bond donors (Lipinski definition) is 2. The van der Waals surface area contributed by atoms with E-state index in [9.17, 15) is 8.42 Å². The number of nitrogens with one attached hydrogen (secondary N) is 2. The van der Waals surface area contributed by atoms with Crippen molar-refractivity contribution in [1.82, 2.24) is 14.9 Å². The van der Waals surface area contributed by atoms with Crippen LogP contribution in [0.1, 0.15) is 25.8 Å². The number of aryl methyl sites for hydroxylation is 1. The Morgan fingerprint density at radius 2 is 1.93 bits per heavy atom. The van der Waals surface area contributed by atoms with Crippen LogP contribution in [-0.4, -0.2) is 70.2 Å². The van der Waals surface area contributed by atoms with E-state index in [2.05, 4.69) is 51.7 Å². The first-order chi connectivity index (χ1) is 12.9. The van der Waals surface area contributed by atoms with E-state index in [0.717, 1.165) is 19.5 Å². The molecule has 152 valence electrons. The van der Waals surface area contributed by atoms with Crippen molar-refractivity contribution in [2.24, 2.45) is 4.99 Å². The van der Waals surface area contributed by atoms with Gasteiger partial charge in [-0.05, 0) is 25.5 Å². The third-order valence-electron chi connectivity index (χ3n) is 4.90. The van der Waals surface area contributed by atoms with Crippen molar-refractivity contribution in [3.05, 3.63) is 29.8 Å². The summed E-state index contributed by atoms with van der Waals surface area (Å²) in [6.07, 6.45) is 1.02. The van der Waals surface area contributed by atoms with E-state index in [4.69, 9.17) is 0 Å². The number of aliphatic imine (C=N–C) groups is 1. The quantitative estimate of drug-likeness (QED) is 0.514. The average Bonchev–Trinajstić information content (AvgIpc) is 3.10. The third-order valence-corrected chi connectivity index (χ3v) is 6.93. The molecule has 27 heavy (non-hydrogen) atoms. The highest BCUT2D eigenvalue weighted by molar-refractivity contribution is 7.89. The Morgan fingerprint density at radius 1 is 1.26 bits per heavy atom. The van der Waals surface area contributed by atoms with Gasteiger partial charge in [0, 0.05) is 51.5 Å². The Morgan fingerprint density at radius 3 is 2.52 bits per heavy atom. The Labute approximate surface area is 163 Å². The molecule has 1 aliphatic rings. The van der Waals surface area contributed by atoms with Gasteiger partial charge in [-0.25, -0.2) is 12.7 Å². The molecule has 2 N–H and O–H groups in total. The largest absolute Gasteiger partial charge is 0.369 e. The maximum atomic E-state index is 12.2. The molecule has 1 aromatic rings. The van der Waals surface area contributed by atoms with Crippen LogP contribution < -0.4 is 15.5 Å². The Bertz CT molecular complexity index is 714. The van der Waals surface area contributed by atoms with Gasteiger partial charge in [-0.2, -0.15) is 0 Å². The average molecular weight is 396 g/mol. The van der Waals surface area contributed by atoms with Crippen LogP contribution in [0.25, 0.3) is 0 Å². The zero-order valence-electron chi connectivity index (χ0n) is 16.9. The molecule has 0 saturated carbocycles. The van der Waals surface area contributed by atoms with Gasteiger partial charge in [-0.1, -0.05) is 31.5 Å². The molecule has 1 unspecified atom stereocenters. The summed E-state index contributed by atoms with van der Waals surface area (Å²) in [4.78, 5) is 6.59. The molecule has 1 heterocycles. The van der Waals surface area contributed by atoms with Crippen molar-refractivity contribution in [3.63, 3.8) is 0 Å². The lowest BCUT2D eigenvalue weighted by atomic mass is 10.2. The summed E-state index contributed by atoms with van der Waals surface area (Å²) in [6.45, 7) is 9.05. The number of hydrogen-bond acceptors (Lipinski definition) is 4. The third kappa shape index (κ3) is 6.10. The molecule has 0 radical (unpaired) electrons. The van der Waals surface area contributed by atoms with Crippen molar-refractivity contribution in [2.45, 2.75) is 33.2 Å². The zero-order valence-corrected chi connectivity index (χ0v) is 17.7. The molecule has 2 rings (SSSR count). The summed E-state index contributed by atoms with van der Waals surface area (Å²) in [7, 11) is -1.51. The van der Waals surface area contributed by atoms with Crippen molar-refractivity contribution < 1.29 is 8.42 Å². The second-order valence-corrected chi connectivity index (χ2v) is 8.90. The smallest absolute Gasteiger partial charge is 0.215 e. The molecule has 1 saturated heterocycles. The first kappa shape index (κ1) is 21.5. The molecular formula is C19H33N5O2S. The Hall–Kier alpha value is -1.80. The van der Waals surface area contributed by atoms with E-state index in [0.29, 0.717) is 25.6 Å². The fourth-order valence-corrected chi connectivity index (χ4v) is 4.71. The van der Waals surface area contributed by atoms with Gasteiger partial charge in [0.15, 0.2) is 5.96 Å². The summed E-state index contributed by atoms with van der Waals surface area (Å²) in [5, 5.41) is 6.54. The van der Waals surface area contributed by atoms with Crippen LogP contribution in [-0.2, 0) is 10.0 Å². The van der Waals surface area contributed by atoms with E-state index in [1.165, 1.54) is 15.6 Å². The molecule has 1 aliphatic heterocycles. The van der Waals surface area contributed by atoms with Crippen molar-refractivity contribution >= 4 is 21.7 Å². The molecule has 1 atom stereocenters. The molecule has 8 heteroatoms. The van der Waals surface area contributed by atoms with Gasteiger partial charge in [0.2, 0.25) is 10.0 Å². The number of rotatable bonds is 8. The van der Waals surface area contributed by atoms with Gasteiger partial charge in [-0.15, -0.1) is 0 Å². The maximum absolute atomic E-state index is 12.2. The van der Waals surface area contributed by atoms with Gasteiger partial charge in [-0.3, -0.25) is 4.99 Å². The van der Waals surface area contributed by atoms with E-state index in [1.807, 2.05) is 13.8 Å². The van der Waals surface area contributed by atoms with Crippen molar-refractivity contribution in [1.29, 1.82) is 0 Å². The number of benzene rings is 1. The van der Waals surface area contributed by atoms with Crippen molar-refractivity contribution in [3.8, 4) is 0 Å². The number of anilines is 1. The Balaban J connectivity index is 1.81. The highest BCUT2D eigenvalue weighted by Gasteiger charge is 2.24. The van der Waals surface area contributed by atoms with Crippen LogP contribution in [0.15, 0.2) is 29.3 Å². The fourth-order valence-electron chi connectivity index (χ4n) is 3.30. The monoisotopic (exact) mass is 395 g/mol. The molecule has 7 nitrogen and oxygen atoms in total. The molecule has 1 aromatic carbocycles. The predicted octanol–water partition coefficient (Wildman–Crippen LogP) is 1.41. The summed E-state index contributed by atoms with van der Waals surface area (Å²) in [5.74, 6) is 0.718. The first-order valence-corrected chi connectivity index (χ1v) is 11.3. The van der Waals surface area contributed by atoms with Gasteiger partial charge < -0.3 is 15.5 Å². The van der Waals surface area contributed by atoms with Crippen LogP contribution in [0, 0.1) is 6.92 Å². The summed E-state index contributed by atoms with van der Waals surface area (Å²) in [6, 6.07) is 8.86. The minimum Gasteiger partial charge on any atom is -0.369 e. The summed E-state index contributed by atoms with van der Waals surface area (Å²) < 4.78 is 26.0. The highest BCUT2D eigenvalue weighted by atomic mass is 32.2. The van der Waals surface area contributed by atoms with E-state index in [-0.39, 0.29) is 11.8 Å². The molecular weight excluding hydrogens is 362 g/mol. The normalized spacial score (nSPS) is 18.2. The number of guanidine groups is 1. The summed E-state index contributed by atoms with van der Waals surface area (Å²) in [5.41, 5.74) is 2.50. The minimum absolute atomic E-state index is 0.0650. The molecule has 0 aromatic heterocycles. The fraction of sp³-hybridized carbons (Fsp3) is 0.632. The lowest BCUT2D eigenvalue weighted by molar-refractivity contribution is 0.445. The number of nitrogens with zero attached hydrogens (tertiary/aromatic N) is 3. The van der Waals surface area contributed by atoms with Crippen LogP contribution >= 0.6 is 0 Å². The van der Waals surface area contributed by atoms with E-state index in [1.54, 1.807) is 7.05 Å². The van der Waals surface area contributed by atoms with E-state index < -0.39 is 10.0 Å². The molecule has 0 amide bonds. The van der Waals surface area contributed by atoms with Gasteiger partial charge >= 0.3 is 0 Å². The minimum atomic E-state index is -3.22. The number of sulfonamides is 1. The first-order valence-electron chi connectivity index (χ1n) is 9.66. The predicted molar refractivity (Wildman–Crippen MR) is 113 cm³/mol.